The third-order valence-electron chi connectivity index (χ3n) is 3.50. The molecule has 0 unspecified atom stereocenters. The lowest BCUT2D eigenvalue weighted by molar-refractivity contribution is -0.132. The van der Waals surface area contributed by atoms with Gasteiger partial charge in [0, 0.05) is 31.7 Å². The van der Waals surface area contributed by atoms with Gasteiger partial charge in [-0.1, -0.05) is 0 Å². The van der Waals surface area contributed by atoms with Crippen molar-refractivity contribution in [1.82, 2.24) is 15.1 Å². The van der Waals surface area contributed by atoms with E-state index in [1.54, 1.807) is 6.26 Å². The Bertz CT molecular complexity index is 409. The third kappa shape index (κ3) is 4.08. The average molecular weight is 265 g/mol. The lowest BCUT2D eigenvalue weighted by atomic mass is 10.2. The van der Waals surface area contributed by atoms with E-state index in [4.69, 9.17) is 4.42 Å². The standard InChI is InChI=1S/C14H23N3O2/c1-12-13(4-9-19-12)10-16(2)11-14(18)17-7-3-5-15-6-8-17/h4,9,15H,3,5-8,10-11H2,1-2H3. The molecule has 1 fully saturated rings. The maximum atomic E-state index is 12.2. The van der Waals surface area contributed by atoms with E-state index in [0.29, 0.717) is 6.54 Å². The number of likely N-dealkylation sites (N-methyl/N-ethyl adjacent to an activating group) is 1. The van der Waals surface area contributed by atoms with Gasteiger partial charge in [0.25, 0.3) is 0 Å². The Balaban J connectivity index is 1.82. The molecule has 19 heavy (non-hydrogen) atoms. The minimum Gasteiger partial charge on any atom is -0.469 e. The van der Waals surface area contributed by atoms with Gasteiger partial charge in [0.2, 0.25) is 5.91 Å². The molecule has 1 aliphatic heterocycles. The van der Waals surface area contributed by atoms with Crippen molar-refractivity contribution in [3.8, 4) is 0 Å². The van der Waals surface area contributed by atoms with E-state index < -0.39 is 0 Å². The van der Waals surface area contributed by atoms with Crippen LogP contribution in [0.25, 0.3) is 0 Å². The first kappa shape index (κ1) is 14.1. The Labute approximate surface area is 114 Å². The molecule has 1 saturated heterocycles. The molecule has 0 radical (unpaired) electrons. The summed E-state index contributed by atoms with van der Waals surface area (Å²) >= 11 is 0. The summed E-state index contributed by atoms with van der Waals surface area (Å²) in [6.45, 7) is 6.75. The number of nitrogens with zero attached hydrogens (tertiary/aromatic N) is 2. The molecule has 0 aliphatic carbocycles. The summed E-state index contributed by atoms with van der Waals surface area (Å²) < 4.78 is 5.27. The summed E-state index contributed by atoms with van der Waals surface area (Å²) in [5, 5.41) is 3.31. The van der Waals surface area contributed by atoms with Gasteiger partial charge in [0.05, 0.1) is 12.8 Å². The highest BCUT2D eigenvalue weighted by Gasteiger charge is 2.17. The van der Waals surface area contributed by atoms with E-state index in [2.05, 4.69) is 5.32 Å². The number of amides is 1. The molecular weight excluding hydrogens is 242 g/mol. The number of hydrogen-bond acceptors (Lipinski definition) is 4. The summed E-state index contributed by atoms with van der Waals surface area (Å²) in [6, 6.07) is 1.96. The van der Waals surface area contributed by atoms with Gasteiger partial charge in [-0.2, -0.15) is 0 Å². The Kier molecular flexibility index (Phi) is 4.99. The average Bonchev–Trinajstić information content (AvgIpc) is 2.66. The normalized spacial score (nSPS) is 16.7. The van der Waals surface area contributed by atoms with Crippen molar-refractivity contribution in [1.29, 1.82) is 0 Å². The molecule has 0 saturated carbocycles. The van der Waals surface area contributed by atoms with Gasteiger partial charge in [-0.25, -0.2) is 0 Å². The highest BCUT2D eigenvalue weighted by Crippen LogP contribution is 2.11. The topological polar surface area (TPSA) is 48.7 Å². The van der Waals surface area contributed by atoms with E-state index in [1.165, 1.54) is 0 Å². The molecule has 1 aliphatic rings. The molecule has 2 rings (SSSR count). The van der Waals surface area contributed by atoms with Gasteiger partial charge in [-0.3, -0.25) is 9.69 Å². The van der Waals surface area contributed by atoms with Crippen LogP contribution < -0.4 is 5.32 Å². The number of furan rings is 1. The minimum absolute atomic E-state index is 0.215. The van der Waals surface area contributed by atoms with Crippen molar-refractivity contribution in [2.45, 2.75) is 19.9 Å². The van der Waals surface area contributed by atoms with Crippen LogP contribution in [0.5, 0.6) is 0 Å². The van der Waals surface area contributed by atoms with E-state index >= 15 is 0 Å². The zero-order valence-corrected chi connectivity index (χ0v) is 11.8. The van der Waals surface area contributed by atoms with Crippen LogP contribution in [0.1, 0.15) is 17.7 Å². The molecule has 106 valence electrons. The van der Waals surface area contributed by atoms with E-state index in [-0.39, 0.29) is 5.91 Å². The number of carbonyl (C=O) groups is 1. The predicted molar refractivity (Wildman–Crippen MR) is 73.8 cm³/mol. The first-order valence-corrected chi connectivity index (χ1v) is 6.87. The van der Waals surface area contributed by atoms with Gasteiger partial charge in [-0.05, 0) is 33.0 Å². The van der Waals surface area contributed by atoms with Crippen molar-refractivity contribution < 1.29 is 9.21 Å². The summed E-state index contributed by atoms with van der Waals surface area (Å²) in [7, 11) is 1.97. The third-order valence-corrected chi connectivity index (χ3v) is 3.50. The quantitative estimate of drug-likeness (QED) is 0.876. The largest absolute Gasteiger partial charge is 0.469 e. The molecule has 1 amide bonds. The molecule has 0 atom stereocenters. The fourth-order valence-corrected chi connectivity index (χ4v) is 2.35. The van der Waals surface area contributed by atoms with Crippen molar-refractivity contribution in [3.05, 3.63) is 23.7 Å². The van der Waals surface area contributed by atoms with Crippen molar-refractivity contribution in [2.75, 3.05) is 39.8 Å². The zero-order chi connectivity index (χ0) is 13.7. The van der Waals surface area contributed by atoms with Gasteiger partial charge < -0.3 is 14.6 Å². The minimum atomic E-state index is 0.215. The summed E-state index contributed by atoms with van der Waals surface area (Å²) in [5.41, 5.74) is 1.15. The molecular formula is C14H23N3O2. The Hall–Kier alpha value is -1.33. The summed E-state index contributed by atoms with van der Waals surface area (Å²) in [5.74, 6) is 1.14. The number of aryl methyl sites for hydroxylation is 1. The van der Waals surface area contributed by atoms with Crippen LogP contribution >= 0.6 is 0 Å². The smallest absolute Gasteiger partial charge is 0.236 e. The monoisotopic (exact) mass is 265 g/mol. The van der Waals surface area contributed by atoms with Crippen molar-refractivity contribution >= 4 is 5.91 Å². The van der Waals surface area contributed by atoms with Gasteiger partial charge in [0.1, 0.15) is 5.76 Å². The second kappa shape index (κ2) is 6.73. The maximum Gasteiger partial charge on any atom is 0.236 e. The lowest BCUT2D eigenvalue weighted by Gasteiger charge is -2.23. The van der Waals surface area contributed by atoms with E-state index in [0.717, 1.165) is 50.5 Å². The number of rotatable bonds is 4. The highest BCUT2D eigenvalue weighted by molar-refractivity contribution is 5.78. The fourth-order valence-electron chi connectivity index (χ4n) is 2.35. The predicted octanol–water partition coefficient (Wildman–Crippen LogP) is 0.842. The van der Waals surface area contributed by atoms with Crippen molar-refractivity contribution in [3.63, 3.8) is 0 Å². The Morgan fingerprint density at radius 1 is 1.47 bits per heavy atom. The second-order valence-electron chi connectivity index (χ2n) is 5.16. The van der Waals surface area contributed by atoms with Crippen LogP contribution in [0.15, 0.2) is 16.7 Å². The molecule has 1 aromatic heterocycles. The van der Waals surface area contributed by atoms with E-state index in [1.807, 2.05) is 29.8 Å². The highest BCUT2D eigenvalue weighted by atomic mass is 16.3. The zero-order valence-electron chi connectivity index (χ0n) is 11.8. The maximum absolute atomic E-state index is 12.2. The molecule has 2 heterocycles. The van der Waals surface area contributed by atoms with Crippen LogP contribution in [0, 0.1) is 6.92 Å². The number of carbonyl (C=O) groups excluding carboxylic acids is 1. The number of nitrogens with one attached hydrogen (secondary N) is 1. The second-order valence-corrected chi connectivity index (χ2v) is 5.16. The summed E-state index contributed by atoms with van der Waals surface area (Å²) in [6.07, 6.45) is 2.73. The molecule has 0 aromatic carbocycles. The van der Waals surface area contributed by atoms with Gasteiger partial charge >= 0.3 is 0 Å². The fraction of sp³-hybridized carbons (Fsp3) is 0.643. The Morgan fingerprint density at radius 2 is 2.32 bits per heavy atom. The molecule has 0 bridgehead atoms. The molecule has 1 aromatic rings. The molecule has 0 spiro atoms. The molecule has 1 N–H and O–H groups in total. The molecule has 5 nitrogen and oxygen atoms in total. The first-order chi connectivity index (χ1) is 9.16. The number of hydrogen-bond donors (Lipinski definition) is 1. The van der Waals surface area contributed by atoms with Crippen LogP contribution in [0.4, 0.5) is 0 Å². The van der Waals surface area contributed by atoms with Gasteiger partial charge in [-0.15, -0.1) is 0 Å². The lowest BCUT2D eigenvalue weighted by Crippen LogP contribution is -2.40. The van der Waals surface area contributed by atoms with Gasteiger partial charge in [0.15, 0.2) is 0 Å². The van der Waals surface area contributed by atoms with Crippen LogP contribution in [0.3, 0.4) is 0 Å². The van der Waals surface area contributed by atoms with Crippen LogP contribution in [0.2, 0.25) is 0 Å². The Morgan fingerprint density at radius 3 is 3.05 bits per heavy atom. The van der Waals surface area contributed by atoms with Crippen LogP contribution in [-0.2, 0) is 11.3 Å². The summed E-state index contributed by atoms with van der Waals surface area (Å²) in [4.78, 5) is 16.2. The van der Waals surface area contributed by atoms with E-state index in [9.17, 15) is 4.79 Å². The molecule has 5 heteroatoms. The van der Waals surface area contributed by atoms with Crippen LogP contribution in [-0.4, -0.2) is 55.5 Å². The van der Waals surface area contributed by atoms with Crippen molar-refractivity contribution in [2.24, 2.45) is 0 Å². The first-order valence-electron chi connectivity index (χ1n) is 6.87. The SMILES string of the molecule is Cc1occc1CN(C)CC(=O)N1CCCNCC1.